The third-order valence-electron chi connectivity index (χ3n) is 3.33. The van der Waals surface area contributed by atoms with Crippen LogP contribution >= 0.6 is 11.8 Å². The molecule has 0 aromatic carbocycles. The number of thioether (sulfide) groups is 1. The molecule has 2 unspecified atom stereocenters. The van der Waals surface area contributed by atoms with E-state index in [0.29, 0.717) is 5.25 Å². The van der Waals surface area contributed by atoms with E-state index >= 15 is 0 Å². The molecular formula is C11H17N3OS. The minimum atomic E-state index is -0.399. The first-order valence-corrected chi connectivity index (χ1v) is 7.14. The van der Waals surface area contributed by atoms with Crippen molar-refractivity contribution in [2.75, 3.05) is 5.75 Å². The van der Waals surface area contributed by atoms with E-state index in [9.17, 15) is 5.11 Å². The Kier molecular flexibility index (Phi) is 2.90. The van der Waals surface area contributed by atoms with Crippen molar-refractivity contribution in [3.63, 3.8) is 0 Å². The molecule has 3 rings (SSSR count). The Balaban J connectivity index is 1.85. The predicted molar refractivity (Wildman–Crippen MR) is 63.3 cm³/mol. The highest BCUT2D eigenvalue weighted by Crippen LogP contribution is 2.37. The van der Waals surface area contributed by atoms with Crippen molar-refractivity contribution in [3.05, 3.63) is 11.6 Å². The van der Waals surface area contributed by atoms with E-state index in [2.05, 4.69) is 10.1 Å². The molecule has 0 spiro atoms. The zero-order valence-electron chi connectivity index (χ0n) is 9.30. The summed E-state index contributed by atoms with van der Waals surface area (Å²) >= 11 is 1.96. The maximum atomic E-state index is 9.84. The fraction of sp³-hybridized carbons (Fsp3) is 0.818. The van der Waals surface area contributed by atoms with Gasteiger partial charge in [-0.1, -0.05) is 6.42 Å². The van der Waals surface area contributed by atoms with Crippen molar-refractivity contribution in [2.45, 2.75) is 50.0 Å². The largest absolute Gasteiger partial charge is 0.385 e. The lowest BCUT2D eigenvalue weighted by Gasteiger charge is -2.17. The summed E-state index contributed by atoms with van der Waals surface area (Å²) in [5, 5.41) is 14.8. The third kappa shape index (κ3) is 1.86. The molecule has 2 aliphatic rings. The number of aryl methyl sites for hydroxylation is 1. The van der Waals surface area contributed by atoms with Gasteiger partial charge in [-0.3, -0.25) is 0 Å². The SMILES string of the molecule is OC1CCCn2nc(C3CCCCS3)nc21. The fourth-order valence-electron chi connectivity index (χ4n) is 2.43. The molecule has 4 nitrogen and oxygen atoms in total. The van der Waals surface area contributed by atoms with E-state index < -0.39 is 6.10 Å². The predicted octanol–water partition coefficient (Wildman–Crippen LogP) is 2.06. The van der Waals surface area contributed by atoms with Crippen molar-refractivity contribution in [2.24, 2.45) is 0 Å². The Bertz CT molecular complexity index is 373. The highest BCUT2D eigenvalue weighted by atomic mass is 32.2. The summed E-state index contributed by atoms with van der Waals surface area (Å²) in [5.41, 5.74) is 0. The van der Waals surface area contributed by atoms with Crippen LogP contribution in [0.1, 0.15) is 55.1 Å². The van der Waals surface area contributed by atoms with Gasteiger partial charge >= 0.3 is 0 Å². The van der Waals surface area contributed by atoms with Gasteiger partial charge in [-0.2, -0.15) is 16.9 Å². The zero-order chi connectivity index (χ0) is 11.0. The van der Waals surface area contributed by atoms with Crippen LogP contribution in [0.25, 0.3) is 0 Å². The molecule has 88 valence electrons. The van der Waals surface area contributed by atoms with Gasteiger partial charge in [-0.05, 0) is 31.4 Å². The number of aliphatic hydroxyl groups excluding tert-OH is 1. The van der Waals surface area contributed by atoms with Crippen LogP contribution in [0.15, 0.2) is 0 Å². The molecule has 3 heterocycles. The van der Waals surface area contributed by atoms with Gasteiger partial charge in [-0.15, -0.1) is 0 Å². The number of hydrogen-bond acceptors (Lipinski definition) is 4. The first kappa shape index (κ1) is 10.6. The van der Waals surface area contributed by atoms with E-state index in [1.165, 1.54) is 25.0 Å². The molecule has 1 saturated heterocycles. The molecule has 0 aliphatic carbocycles. The molecule has 0 radical (unpaired) electrons. The highest BCUT2D eigenvalue weighted by molar-refractivity contribution is 7.99. The number of nitrogens with zero attached hydrogens (tertiary/aromatic N) is 3. The van der Waals surface area contributed by atoms with Gasteiger partial charge in [0, 0.05) is 6.54 Å². The summed E-state index contributed by atoms with van der Waals surface area (Å²) in [5.74, 6) is 2.95. The lowest BCUT2D eigenvalue weighted by molar-refractivity contribution is 0.130. The maximum Gasteiger partial charge on any atom is 0.164 e. The Hall–Kier alpha value is -0.550. The van der Waals surface area contributed by atoms with Gasteiger partial charge in [0.05, 0.1) is 5.25 Å². The summed E-state index contributed by atoms with van der Waals surface area (Å²) < 4.78 is 1.90. The molecule has 0 saturated carbocycles. The van der Waals surface area contributed by atoms with Gasteiger partial charge in [0.15, 0.2) is 11.6 Å². The first-order chi connectivity index (χ1) is 7.84. The van der Waals surface area contributed by atoms with Gasteiger partial charge in [0.1, 0.15) is 6.10 Å². The summed E-state index contributed by atoms with van der Waals surface area (Å²) in [7, 11) is 0. The van der Waals surface area contributed by atoms with Crippen LogP contribution in [0.5, 0.6) is 0 Å². The van der Waals surface area contributed by atoms with Crippen LogP contribution in [0.2, 0.25) is 0 Å². The minimum Gasteiger partial charge on any atom is -0.385 e. The molecule has 2 atom stereocenters. The Labute approximate surface area is 99.4 Å². The number of aromatic nitrogens is 3. The van der Waals surface area contributed by atoms with Crippen molar-refractivity contribution in [1.29, 1.82) is 0 Å². The molecule has 1 fully saturated rings. The number of rotatable bonds is 1. The van der Waals surface area contributed by atoms with Crippen LogP contribution in [0, 0.1) is 0 Å². The molecule has 1 aromatic heterocycles. The zero-order valence-corrected chi connectivity index (χ0v) is 10.1. The van der Waals surface area contributed by atoms with Gasteiger partial charge in [0.25, 0.3) is 0 Å². The second-order valence-electron chi connectivity index (χ2n) is 4.56. The molecule has 0 amide bonds. The normalized spacial score (nSPS) is 30.1. The lowest BCUT2D eigenvalue weighted by Crippen LogP contribution is -2.16. The van der Waals surface area contributed by atoms with Gasteiger partial charge < -0.3 is 5.11 Å². The number of aliphatic hydroxyl groups is 1. The summed E-state index contributed by atoms with van der Waals surface area (Å²) in [6.07, 6.45) is 5.22. The molecule has 1 N–H and O–H groups in total. The van der Waals surface area contributed by atoms with Crippen molar-refractivity contribution < 1.29 is 5.11 Å². The van der Waals surface area contributed by atoms with Crippen molar-refractivity contribution in [1.82, 2.24) is 14.8 Å². The van der Waals surface area contributed by atoms with E-state index in [1.807, 2.05) is 16.4 Å². The molecule has 16 heavy (non-hydrogen) atoms. The average molecular weight is 239 g/mol. The van der Waals surface area contributed by atoms with E-state index in [-0.39, 0.29) is 0 Å². The van der Waals surface area contributed by atoms with Crippen molar-refractivity contribution in [3.8, 4) is 0 Å². The minimum absolute atomic E-state index is 0.399. The first-order valence-electron chi connectivity index (χ1n) is 6.09. The Morgan fingerprint density at radius 2 is 2.19 bits per heavy atom. The highest BCUT2D eigenvalue weighted by Gasteiger charge is 2.26. The van der Waals surface area contributed by atoms with Crippen LogP contribution in [-0.2, 0) is 6.54 Å². The van der Waals surface area contributed by atoms with Crippen LogP contribution in [0.4, 0.5) is 0 Å². The Morgan fingerprint density at radius 1 is 1.25 bits per heavy atom. The fourth-order valence-corrected chi connectivity index (χ4v) is 3.67. The summed E-state index contributed by atoms with van der Waals surface area (Å²) in [6, 6.07) is 0. The van der Waals surface area contributed by atoms with Gasteiger partial charge in [-0.25, -0.2) is 9.67 Å². The summed E-state index contributed by atoms with van der Waals surface area (Å²) in [4.78, 5) is 4.54. The number of hydrogen-bond donors (Lipinski definition) is 1. The molecule has 2 aliphatic heterocycles. The monoisotopic (exact) mass is 239 g/mol. The van der Waals surface area contributed by atoms with Crippen LogP contribution in [-0.4, -0.2) is 25.6 Å². The maximum absolute atomic E-state index is 9.84. The van der Waals surface area contributed by atoms with Gasteiger partial charge in [0.2, 0.25) is 0 Å². The lowest BCUT2D eigenvalue weighted by atomic mass is 10.1. The molecule has 0 bridgehead atoms. The van der Waals surface area contributed by atoms with Crippen LogP contribution in [0.3, 0.4) is 0 Å². The quantitative estimate of drug-likeness (QED) is 0.815. The second kappa shape index (κ2) is 4.37. The third-order valence-corrected chi connectivity index (χ3v) is 4.70. The van der Waals surface area contributed by atoms with E-state index in [4.69, 9.17) is 0 Å². The number of fused-ring (bicyclic) bond motifs is 1. The van der Waals surface area contributed by atoms with E-state index in [0.717, 1.165) is 31.0 Å². The molecular weight excluding hydrogens is 222 g/mol. The Morgan fingerprint density at radius 3 is 2.94 bits per heavy atom. The smallest absolute Gasteiger partial charge is 0.164 e. The topological polar surface area (TPSA) is 50.9 Å². The average Bonchev–Trinajstić information content (AvgIpc) is 2.76. The standard InChI is InChI=1S/C11H17N3OS/c15-8-4-3-6-14-11(8)12-10(13-14)9-5-1-2-7-16-9/h8-9,15H,1-7H2. The second-order valence-corrected chi connectivity index (χ2v) is 5.88. The summed E-state index contributed by atoms with van der Waals surface area (Å²) in [6.45, 7) is 0.913. The molecule has 1 aromatic rings. The van der Waals surface area contributed by atoms with E-state index in [1.54, 1.807) is 0 Å². The molecule has 5 heteroatoms. The van der Waals surface area contributed by atoms with Crippen LogP contribution < -0.4 is 0 Å². The van der Waals surface area contributed by atoms with Crippen molar-refractivity contribution >= 4 is 11.8 Å².